The number of amides is 5. The van der Waals surface area contributed by atoms with E-state index in [1.54, 1.807) is 4.90 Å². The van der Waals surface area contributed by atoms with E-state index in [-0.39, 0.29) is 24.0 Å². The first-order chi connectivity index (χ1) is 22.2. The van der Waals surface area contributed by atoms with Gasteiger partial charge in [-0.2, -0.15) is 0 Å². The smallest absolute Gasteiger partial charge is 0.322 e. The number of fused-ring (bicyclic) bond motifs is 1. The van der Waals surface area contributed by atoms with Gasteiger partial charge in [-0.1, -0.05) is 35.9 Å². The number of rotatable bonds is 6. The molecule has 1 unspecified atom stereocenters. The maximum absolute atomic E-state index is 14.1. The van der Waals surface area contributed by atoms with E-state index in [0.29, 0.717) is 63.1 Å². The molecule has 10 nitrogen and oxygen atoms in total. The molecular weight excluding hydrogens is 670 g/mol. The first-order valence-electron chi connectivity index (χ1n) is 16.5. The molecule has 4 aliphatic heterocycles. The molecule has 2 aromatic rings. The number of halogens is 2. The van der Waals surface area contributed by atoms with Crippen LogP contribution in [0.1, 0.15) is 42.4 Å². The Labute approximate surface area is 285 Å². The lowest BCUT2D eigenvalue weighted by molar-refractivity contribution is -0.135. The van der Waals surface area contributed by atoms with Gasteiger partial charge in [0.1, 0.15) is 6.04 Å². The maximum atomic E-state index is 14.1. The summed E-state index contributed by atoms with van der Waals surface area (Å²) in [7, 11) is 2.18. The van der Waals surface area contributed by atoms with Gasteiger partial charge in [0, 0.05) is 74.5 Å². The summed E-state index contributed by atoms with van der Waals surface area (Å²) >= 11 is 9.96. The molecule has 0 aromatic heterocycles. The molecule has 3 fully saturated rings. The van der Waals surface area contributed by atoms with Crippen molar-refractivity contribution in [2.24, 2.45) is 0 Å². The van der Waals surface area contributed by atoms with Crippen molar-refractivity contribution in [2.45, 2.75) is 63.7 Å². The number of hydrogen-bond acceptors (Lipinski definition) is 5. The summed E-state index contributed by atoms with van der Waals surface area (Å²) < 4.78 is 0.778. The Balaban J connectivity index is 1.09. The first-order valence-corrected chi connectivity index (χ1v) is 17.7. The summed E-state index contributed by atoms with van der Waals surface area (Å²) in [5.41, 5.74) is 3.82. The summed E-state index contributed by atoms with van der Waals surface area (Å²) in [5.74, 6) is -0.0429. The quantitative estimate of drug-likeness (QED) is 0.450. The lowest BCUT2D eigenvalue weighted by atomic mass is 10.0. The van der Waals surface area contributed by atoms with E-state index in [1.807, 2.05) is 53.1 Å². The van der Waals surface area contributed by atoms with Crippen molar-refractivity contribution in [2.75, 3.05) is 64.7 Å². The molecule has 0 spiro atoms. The van der Waals surface area contributed by atoms with Gasteiger partial charge in [0.25, 0.3) is 0 Å². The number of aryl methyl sites for hydroxylation is 1. The van der Waals surface area contributed by atoms with Crippen molar-refractivity contribution in [3.05, 3.63) is 62.6 Å². The Kier molecular flexibility index (Phi) is 10.4. The van der Waals surface area contributed by atoms with Crippen LogP contribution in [0.5, 0.6) is 0 Å². The number of carbonyl (C=O) groups excluding carboxylic acids is 3. The molecule has 46 heavy (non-hydrogen) atoms. The zero-order valence-electron chi connectivity index (χ0n) is 26.8. The number of nitrogens with one attached hydrogen (secondary N) is 2. The van der Waals surface area contributed by atoms with Gasteiger partial charge < -0.3 is 30.2 Å². The van der Waals surface area contributed by atoms with Crippen LogP contribution in [0.15, 0.2) is 40.9 Å². The third-order valence-electron chi connectivity index (χ3n) is 10.2. The van der Waals surface area contributed by atoms with Crippen LogP contribution in [-0.4, -0.2) is 120 Å². The van der Waals surface area contributed by atoms with Crippen molar-refractivity contribution in [1.82, 2.24) is 29.8 Å². The highest BCUT2D eigenvalue weighted by molar-refractivity contribution is 9.10. The van der Waals surface area contributed by atoms with E-state index in [0.717, 1.165) is 53.0 Å². The Morgan fingerprint density at radius 1 is 0.957 bits per heavy atom. The van der Waals surface area contributed by atoms with Crippen molar-refractivity contribution < 1.29 is 14.4 Å². The van der Waals surface area contributed by atoms with Crippen LogP contribution >= 0.6 is 27.5 Å². The SMILES string of the molecule is Cc1cc(CC(NC(=O)N2CCC(N3Cc4ccccc4NC3=O)CC2)C(=O)N2CCN(C3CCN(C)CC3)CC2)cc(Br)c1Cl. The number of urea groups is 2. The van der Waals surface area contributed by atoms with Crippen molar-refractivity contribution in [3.8, 4) is 0 Å². The van der Waals surface area contributed by atoms with Crippen LogP contribution < -0.4 is 10.6 Å². The molecule has 0 saturated carbocycles. The molecular formula is C34H45BrClN7O3. The van der Waals surface area contributed by atoms with Gasteiger partial charge in [-0.15, -0.1) is 0 Å². The molecule has 2 N–H and O–H groups in total. The van der Waals surface area contributed by atoms with Crippen LogP contribution in [0.3, 0.4) is 0 Å². The van der Waals surface area contributed by atoms with E-state index in [2.05, 4.69) is 43.4 Å². The fraction of sp³-hybridized carbons (Fsp3) is 0.559. The molecule has 4 aliphatic rings. The Bertz CT molecular complexity index is 1410. The van der Waals surface area contributed by atoms with Gasteiger partial charge in [0.05, 0.1) is 5.02 Å². The molecule has 12 heteroatoms. The normalized spacial score (nSPS) is 21.1. The predicted molar refractivity (Wildman–Crippen MR) is 184 cm³/mol. The number of anilines is 1. The molecule has 2 aromatic carbocycles. The van der Waals surface area contributed by atoms with Crippen LogP contribution in [0.2, 0.25) is 5.02 Å². The second-order valence-electron chi connectivity index (χ2n) is 13.2. The molecule has 0 aliphatic carbocycles. The van der Waals surface area contributed by atoms with Gasteiger partial charge >= 0.3 is 12.1 Å². The summed E-state index contributed by atoms with van der Waals surface area (Å²) in [5, 5.41) is 6.77. The lowest BCUT2D eigenvalue weighted by Gasteiger charge is -2.43. The van der Waals surface area contributed by atoms with Crippen LogP contribution in [0, 0.1) is 6.92 Å². The minimum absolute atomic E-state index is 0.0429. The van der Waals surface area contributed by atoms with E-state index < -0.39 is 6.04 Å². The number of piperazine rings is 1. The Morgan fingerprint density at radius 3 is 2.33 bits per heavy atom. The molecule has 248 valence electrons. The Morgan fingerprint density at radius 2 is 1.63 bits per heavy atom. The average molecular weight is 715 g/mol. The van der Waals surface area contributed by atoms with Crippen molar-refractivity contribution in [3.63, 3.8) is 0 Å². The van der Waals surface area contributed by atoms with Crippen molar-refractivity contribution in [1.29, 1.82) is 0 Å². The number of para-hydroxylation sites is 1. The van der Waals surface area contributed by atoms with Crippen molar-refractivity contribution >= 4 is 51.2 Å². The summed E-state index contributed by atoms with van der Waals surface area (Å²) in [4.78, 5) is 51.1. The first kappa shape index (κ1) is 33.1. The van der Waals surface area contributed by atoms with Gasteiger partial charge in [-0.05, 0) is 97.5 Å². The monoisotopic (exact) mass is 713 g/mol. The third kappa shape index (κ3) is 7.48. The van der Waals surface area contributed by atoms with E-state index >= 15 is 0 Å². The zero-order chi connectivity index (χ0) is 32.4. The van der Waals surface area contributed by atoms with Crippen LogP contribution in [0.4, 0.5) is 15.3 Å². The number of likely N-dealkylation sites (tertiary alicyclic amines) is 2. The average Bonchev–Trinajstić information content (AvgIpc) is 3.06. The topological polar surface area (TPSA) is 91.5 Å². The third-order valence-corrected chi connectivity index (χ3v) is 11.5. The zero-order valence-corrected chi connectivity index (χ0v) is 29.2. The summed E-state index contributed by atoms with van der Waals surface area (Å²) in [6.45, 7) is 8.81. The molecule has 0 radical (unpaired) electrons. The van der Waals surface area contributed by atoms with Gasteiger partial charge in [-0.3, -0.25) is 9.69 Å². The number of nitrogens with zero attached hydrogens (tertiary/aromatic N) is 5. The molecule has 1 atom stereocenters. The van der Waals surface area contributed by atoms with Crippen LogP contribution in [-0.2, 0) is 17.8 Å². The van der Waals surface area contributed by atoms with E-state index in [1.165, 1.54) is 12.8 Å². The molecule has 4 heterocycles. The lowest BCUT2D eigenvalue weighted by Crippen LogP contribution is -2.59. The largest absolute Gasteiger partial charge is 0.338 e. The minimum atomic E-state index is -0.697. The highest BCUT2D eigenvalue weighted by Crippen LogP contribution is 2.29. The number of carbonyl (C=O) groups is 3. The fourth-order valence-corrected chi connectivity index (χ4v) is 8.09. The van der Waals surface area contributed by atoms with Gasteiger partial charge in [0.2, 0.25) is 5.91 Å². The summed E-state index contributed by atoms with van der Waals surface area (Å²) in [6.07, 6.45) is 4.08. The van der Waals surface area contributed by atoms with Gasteiger partial charge in [-0.25, -0.2) is 9.59 Å². The second kappa shape index (κ2) is 14.5. The minimum Gasteiger partial charge on any atom is -0.338 e. The highest BCUT2D eigenvalue weighted by atomic mass is 79.9. The van der Waals surface area contributed by atoms with Crippen LogP contribution in [0.25, 0.3) is 0 Å². The molecule has 6 rings (SSSR count). The number of piperidine rings is 2. The molecule has 0 bridgehead atoms. The molecule has 3 saturated heterocycles. The number of hydrogen-bond donors (Lipinski definition) is 2. The molecule has 5 amide bonds. The summed E-state index contributed by atoms with van der Waals surface area (Å²) in [6, 6.07) is 11.4. The number of benzene rings is 2. The fourth-order valence-electron chi connectivity index (χ4n) is 7.38. The Hall–Kier alpha value is -2.86. The van der Waals surface area contributed by atoms with E-state index in [9.17, 15) is 14.4 Å². The van der Waals surface area contributed by atoms with Gasteiger partial charge in [0.15, 0.2) is 0 Å². The maximum Gasteiger partial charge on any atom is 0.322 e. The second-order valence-corrected chi connectivity index (χ2v) is 14.5. The standard InChI is InChI=1S/C34H45BrClN7O3/c1-23-19-24(20-28(35)31(23)36)21-30(32(44)41-17-15-40(16-18-41)26-7-11-39(2)12-8-26)38-33(45)42-13-9-27(10-14-42)43-22-25-5-3-4-6-29(25)37-34(43)46/h3-6,19-20,26-27,30H,7-18,21-22H2,1-2H3,(H,37,46)(H,38,45). The predicted octanol–water partition coefficient (Wildman–Crippen LogP) is 4.78. The van der Waals surface area contributed by atoms with E-state index in [4.69, 9.17) is 11.6 Å². The highest BCUT2D eigenvalue weighted by Gasteiger charge is 2.35.